The van der Waals surface area contributed by atoms with E-state index < -0.39 is 18.0 Å². The molecule has 3 amide bonds. The Hall–Kier alpha value is -3.14. The molecule has 4 N–H and O–H groups in total. The van der Waals surface area contributed by atoms with Crippen LogP contribution in [0.15, 0.2) is 30.5 Å². The minimum Gasteiger partial charge on any atom is -0.497 e. The second-order valence-electron chi connectivity index (χ2n) is 6.34. The van der Waals surface area contributed by atoms with Crippen LogP contribution < -0.4 is 20.9 Å². The SMILES string of the molecule is COc1cccc(-n2cc(CNC(=O)N[C@@H](CC(C)C)C(=O)NO)nn2)c1. The summed E-state index contributed by atoms with van der Waals surface area (Å²) in [4.78, 5) is 23.7. The van der Waals surface area contributed by atoms with Crippen molar-refractivity contribution in [1.82, 2.24) is 31.1 Å². The highest BCUT2D eigenvalue weighted by atomic mass is 16.5. The van der Waals surface area contributed by atoms with E-state index in [9.17, 15) is 9.59 Å². The second-order valence-corrected chi connectivity index (χ2v) is 6.34. The lowest BCUT2D eigenvalue weighted by Gasteiger charge is -2.18. The van der Waals surface area contributed by atoms with Crippen molar-refractivity contribution in [3.05, 3.63) is 36.2 Å². The Morgan fingerprint density at radius 2 is 2.11 bits per heavy atom. The standard InChI is InChI=1S/C17H24N6O4/c1-11(2)7-15(16(24)21-26)19-17(25)18-9-12-10-23(22-20-12)13-5-4-6-14(8-13)27-3/h4-6,8,10-11,15,26H,7,9H2,1-3H3,(H,21,24)(H2,18,19,25)/t15-/m0/s1. The zero-order valence-electron chi connectivity index (χ0n) is 15.5. The molecule has 0 aliphatic carbocycles. The largest absolute Gasteiger partial charge is 0.497 e. The molecule has 0 aliphatic heterocycles. The van der Waals surface area contributed by atoms with Gasteiger partial charge >= 0.3 is 6.03 Å². The number of benzene rings is 1. The molecule has 0 saturated carbocycles. The lowest BCUT2D eigenvalue weighted by Crippen LogP contribution is -2.49. The second kappa shape index (κ2) is 9.53. The fraction of sp³-hybridized carbons (Fsp3) is 0.412. The van der Waals surface area contributed by atoms with Crippen molar-refractivity contribution in [2.45, 2.75) is 32.9 Å². The number of carbonyl (C=O) groups is 2. The highest BCUT2D eigenvalue weighted by molar-refractivity contribution is 5.86. The van der Waals surface area contributed by atoms with Gasteiger partial charge in [-0.1, -0.05) is 25.1 Å². The average Bonchev–Trinajstić information content (AvgIpc) is 3.14. The van der Waals surface area contributed by atoms with Crippen LogP contribution in [0.4, 0.5) is 4.79 Å². The molecular formula is C17H24N6O4. The van der Waals surface area contributed by atoms with Crippen LogP contribution in [0.1, 0.15) is 26.0 Å². The van der Waals surface area contributed by atoms with Crippen molar-refractivity contribution in [2.24, 2.45) is 5.92 Å². The molecule has 0 saturated heterocycles. The number of rotatable bonds is 8. The van der Waals surface area contributed by atoms with Crippen LogP contribution in [0, 0.1) is 5.92 Å². The molecule has 1 aromatic heterocycles. The molecule has 146 valence electrons. The number of aromatic nitrogens is 3. The quantitative estimate of drug-likeness (QED) is 0.402. The van der Waals surface area contributed by atoms with E-state index in [0.717, 1.165) is 5.69 Å². The van der Waals surface area contributed by atoms with Crippen LogP contribution in [0.25, 0.3) is 5.69 Å². The summed E-state index contributed by atoms with van der Waals surface area (Å²) in [5.74, 6) is 0.193. The number of carbonyl (C=O) groups excluding carboxylic acids is 2. The van der Waals surface area contributed by atoms with Gasteiger partial charge in [0, 0.05) is 6.07 Å². The summed E-state index contributed by atoms with van der Waals surface area (Å²) in [5.41, 5.74) is 2.88. The van der Waals surface area contributed by atoms with E-state index in [4.69, 9.17) is 9.94 Å². The van der Waals surface area contributed by atoms with E-state index in [-0.39, 0.29) is 12.5 Å². The molecule has 1 aromatic carbocycles. The van der Waals surface area contributed by atoms with E-state index in [1.54, 1.807) is 23.5 Å². The number of hydroxylamine groups is 1. The first-order chi connectivity index (χ1) is 12.9. The van der Waals surface area contributed by atoms with Crippen molar-refractivity contribution >= 4 is 11.9 Å². The van der Waals surface area contributed by atoms with Crippen LogP contribution in [0.3, 0.4) is 0 Å². The average molecular weight is 376 g/mol. The minimum atomic E-state index is -0.831. The molecule has 10 heteroatoms. The number of methoxy groups -OCH3 is 1. The maximum atomic E-state index is 12.0. The monoisotopic (exact) mass is 376 g/mol. The molecule has 27 heavy (non-hydrogen) atoms. The third-order valence-corrected chi connectivity index (χ3v) is 3.73. The van der Waals surface area contributed by atoms with E-state index in [2.05, 4.69) is 20.9 Å². The number of nitrogens with one attached hydrogen (secondary N) is 3. The topological polar surface area (TPSA) is 130 Å². The molecule has 1 heterocycles. The first-order valence-corrected chi connectivity index (χ1v) is 8.47. The van der Waals surface area contributed by atoms with Crippen molar-refractivity contribution < 1.29 is 19.5 Å². The highest BCUT2D eigenvalue weighted by Gasteiger charge is 2.21. The van der Waals surface area contributed by atoms with E-state index in [1.165, 1.54) is 0 Å². The third kappa shape index (κ3) is 5.96. The van der Waals surface area contributed by atoms with Gasteiger partial charge in [-0.05, 0) is 24.5 Å². The van der Waals surface area contributed by atoms with Gasteiger partial charge in [-0.25, -0.2) is 15.0 Å². The smallest absolute Gasteiger partial charge is 0.315 e. The van der Waals surface area contributed by atoms with Gasteiger partial charge in [0.1, 0.15) is 17.5 Å². The summed E-state index contributed by atoms with van der Waals surface area (Å²) in [6.45, 7) is 3.95. The zero-order chi connectivity index (χ0) is 19.8. The molecule has 0 radical (unpaired) electrons. The number of ether oxygens (including phenoxy) is 1. The minimum absolute atomic E-state index is 0.130. The van der Waals surface area contributed by atoms with Crippen molar-refractivity contribution in [2.75, 3.05) is 7.11 Å². The number of nitrogens with zero attached hydrogens (tertiary/aromatic N) is 3. The van der Waals surface area contributed by atoms with Gasteiger partial charge in [-0.15, -0.1) is 5.10 Å². The first-order valence-electron chi connectivity index (χ1n) is 8.47. The maximum absolute atomic E-state index is 12.0. The Kier molecular flexibility index (Phi) is 7.12. The predicted molar refractivity (Wildman–Crippen MR) is 96.5 cm³/mol. The molecule has 0 bridgehead atoms. The van der Waals surface area contributed by atoms with Crippen molar-refractivity contribution in [3.8, 4) is 11.4 Å². The van der Waals surface area contributed by atoms with Crippen LogP contribution in [-0.2, 0) is 11.3 Å². The van der Waals surface area contributed by atoms with Crippen LogP contribution in [0.5, 0.6) is 5.75 Å². The summed E-state index contributed by atoms with van der Waals surface area (Å²) in [5, 5.41) is 22.0. The third-order valence-electron chi connectivity index (χ3n) is 3.73. The maximum Gasteiger partial charge on any atom is 0.315 e. The molecule has 1 atom stereocenters. The molecular weight excluding hydrogens is 352 g/mol. The number of hydrogen-bond acceptors (Lipinski definition) is 6. The van der Waals surface area contributed by atoms with E-state index >= 15 is 0 Å². The van der Waals surface area contributed by atoms with Gasteiger partial charge in [0.2, 0.25) is 0 Å². The van der Waals surface area contributed by atoms with Gasteiger partial charge in [0.15, 0.2) is 0 Å². The predicted octanol–water partition coefficient (Wildman–Crippen LogP) is 0.995. The van der Waals surface area contributed by atoms with Gasteiger partial charge in [-0.3, -0.25) is 10.0 Å². The van der Waals surface area contributed by atoms with E-state index in [0.29, 0.717) is 17.9 Å². The summed E-state index contributed by atoms with van der Waals surface area (Å²) < 4.78 is 6.75. The number of hydrogen-bond donors (Lipinski definition) is 4. The Morgan fingerprint density at radius 3 is 2.78 bits per heavy atom. The molecule has 0 fully saturated rings. The first kappa shape index (κ1) is 20.2. The fourth-order valence-electron chi connectivity index (χ4n) is 2.42. The summed E-state index contributed by atoms with van der Waals surface area (Å²) in [7, 11) is 1.58. The van der Waals surface area contributed by atoms with E-state index in [1.807, 2.05) is 38.1 Å². The molecule has 10 nitrogen and oxygen atoms in total. The van der Waals surface area contributed by atoms with Gasteiger partial charge < -0.3 is 15.4 Å². The Labute approximate surface area is 156 Å². The van der Waals surface area contributed by atoms with Gasteiger partial charge in [-0.2, -0.15) is 0 Å². The Balaban J connectivity index is 1.93. The molecule has 0 spiro atoms. The summed E-state index contributed by atoms with van der Waals surface area (Å²) in [6, 6.07) is 5.95. The van der Waals surface area contributed by atoms with Crippen LogP contribution in [-0.4, -0.2) is 45.3 Å². The molecule has 0 unspecified atom stereocenters. The molecule has 2 aromatic rings. The lowest BCUT2D eigenvalue weighted by atomic mass is 10.0. The molecule has 2 rings (SSSR count). The van der Waals surface area contributed by atoms with Gasteiger partial charge in [0.05, 0.1) is 25.5 Å². The summed E-state index contributed by atoms with van der Waals surface area (Å²) in [6.07, 6.45) is 2.08. The number of amides is 3. The van der Waals surface area contributed by atoms with Crippen LogP contribution in [0.2, 0.25) is 0 Å². The van der Waals surface area contributed by atoms with Crippen LogP contribution >= 0.6 is 0 Å². The van der Waals surface area contributed by atoms with Gasteiger partial charge in [0.25, 0.3) is 5.91 Å². The Morgan fingerprint density at radius 1 is 1.33 bits per heavy atom. The molecule has 0 aliphatic rings. The highest BCUT2D eigenvalue weighted by Crippen LogP contribution is 2.15. The van der Waals surface area contributed by atoms with Crippen molar-refractivity contribution in [1.29, 1.82) is 0 Å². The Bertz CT molecular complexity index is 776. The zero-order valence-corrected chi connectivity index (χ0v) is 15.5. The van der Waals surface area contributed by atoms with Crippen molar-refractivity contribution in [3.63, 3.8) is 0 Å². The number of urea groups is 1. The normalized spacial score (nSPS) is 11.7. The lowest BCUT2D eigenvalue weighted by molar-refractivity contribution is -0.131. The fourth-order valence-corrected chi connectivity index (χ4v) is 2.42. The summed E-state index contributed by atoms with van der Waals surface area (Å²) >= 11 is 0.